The fourth-order valence-electron chi connectivity index (χ4n) is 5.99. The second kappa shape index (κ2) is 11.3. The topological polar surface area (TPSA) is 68.8 Å². The Morgan fingerprint density at radius 2 is 1.86 bits per heavy atom. The number of rotatable bonds is 7. The Hall–Kier alpha value is -4.05. The predicted molar refractivity (Wildman–Crippen MR) is 153 cm³/mol. The summed E-state index contributed by atoms with van der Waals surface area (Å²) in [7, 11) is 1.76. The Balaban J connectivity index is 1.33. The summed E-state index contributed by atoms with van der Waals surface area (Å²) >= 11 is 0. The van der Waals surface area contributed by atoms with E-state index < -0.39 is 17.6 Å². The highest BCUT2D eigenvalue weighted by Crippen LogP contribution is 2.39. The molecule has 6 nitrogen and oxygen atoms in total. The molecule has 1 saturated carbocycles. The quantitative estimate of drug-likeness (QED) is 0.198. The molecule has 0 bridgehead atoms. The van der Waals surface area contributed by atoms with Gasteiger partial charge in [-0.05, 0) is 84.3 Å². The average molecular weight is 578 g/mol. The standard InChI is InChI=1S/C32H31F4N5O/c1-19-5-3-6-20(11-19)16-37-17-21-12-27(32(34,35)36)29-28(13-21)39-31(42-29)23-8-4-7-22(14-23)25-10-9-24(33)15-26(25)30-40-38-18-41(30)2/h4,7-10,12-15,18-20,37H,3,5-6,11,16-17H2,1-2H3/t19-,20-/m1/s1. The molecule has 0 spiro atoms. The van der Waals surface area contributed by atoms with Crippen molar-refractivity contribution in [3.05, 3.63) is 77.9 Å². The first-order valence-electron chi connectivity index (χ1n) is 14.1. The normalized spacial score (nSPS) is 17.7. The molecule has 2 aromatic heterocycles. The van der Waals surface area contributed by atoms with Crippen LogP contribution in [0.15, 0.2) is 65.3 Å². The van der Waals surface area contributed by atoms with Gasteiger partial charge in [0.25, 0.3) is 0 Å². The maximum Gasteiger partial charge on any atom is 0.420 e. The van der Waals surface area contributed by atoms with E-state index in [1.165, 1.54) is 31.3 Å². The smallest absolute Gasteiger partial charge is 0.420 e. The van der Waals surface area contributed by atoms with Crippen LogP contribution in [0.4, 0.5) is 17.6 Å². The van der Waals surface area contributed by atoms with E-state index in [9.17, 15) is 17.6 Å². The second-order valence-corrected chi connectivity index (χ2v) is 11.3. The Labute approximate surface area is 240 Å². The third-order valence-electron chi connectivity index (χ3n) is 8.02. The number of halogens is 4. The lowest BCUT2D eigenvalue weighted by atomic mass is 9.82. The monoisotopic (exact) mass is 577 g/mol. The van der Waals surface area contributed by atoms with Gasteiger partial charge in [-0.3, -0.25) is 0 Å². The lowest BCUT2D eigenvalue weighted by molar-refractivity contribution is -0.136. The SMILES string of the molecule is C[C@@H]1CCC[C@@H](CNCc2cc(C(F)(F)F)c3oc(-c4cccc(-c5ccc(F)cc5-c5nncn5C)c4)nc3c2)C1. The molecule has 0 radical (unpaired) electrons. The molecule has 1 fully saturated rings. The van der Waals surface area contributed by atoms with Gasteiger partial charge < -0.3 is 14.3 Å². The summed E-state index contributed by atoms with van der Waals surface area (Å²) in [5, 5.41) is 11.4. The molecule has 0 aliphatic heterocycles. The van der Waals surface area contributed by atoms with E-state index in [2.05, 4.69) is 27.4 Å². The van der Waals surface area contributed by atoms with Crippen LogP contribution in [0, 0.1) is 17.7 Å². The maximum atomic E-state index is 14.2. The number of nitrogens with one attached hydrogen (secondary N) is 1. The Kier molecular flexibility index (Phi) is 7.57. The van der Waals surface area contributed by atoms with Crippen LogP contribution in [-0.4, -0.2) is 26.3 Å². The molecule has 6 rings (SSSR count). The second-order valence-electron chi connectivity index (χ2n) is 11.3. The van der Waals surface area contributed by atoms with Crippen LogP contribution in [0.1, 0.15) is 43.7 Å². The summed E-state index contributed by atoms with van der Waals surface area (Å²) in [6.45, 7) is 3.35. The summed E-state index contributed by atoms with van der Waals surface area (Å²) in [6, 6.07) is 14.2. The van der Waals surface area contributed by atoms with Crippen LogP contribution in [0.25, 0.3) is 45.1 Å². The molecule has 0 unspecified atom stereocenters. The third-order valence-corrected chi connectivity index (χ3v) is 8.02. The van der Waals surface area contributed by atoms with Crippen LogP contribution in [0.5, 0.6) is 0 Å². The fraction of sp³-hybridized carbons (Fsp3) is 0.344. The van der Waals surface area contributed by atoms with Crippen LogP contribution in [0.2, 0.25) is 0 Å². The largest absolute Gasteiger partial charge is 0.435 e. The molecule has 3 aromatic carbocycles. The zero-order valence-electron chi connectivity index (χ0n) is 23.4. The molecule has 0 amide bonds. The lowest BCUT2D eigenvalue weighted by Gasteiger charge is -2.26. The molecule has 1 N–H and O–H groups in total. The average Bonchev–Trinajstić information content (AvgIpc) is 3.58. The van der Waals surface area contributed by atoms with E-state index in [-0.39, 0.29) is 17.0 Å². The van der Waals surface area contributed by atoms with Crippen molar-refractivity contribution in [1.29, 1.82) is 0 Å². The van der Waals surface area contributed by atoms with Crippen molar-refractivity contribution in [2.45, 2.75) is 45.3 Å². The van der Waals surface area contributed by atoms with E-state index >= 15 is 0 Å². The number of hydrogen-bond acceptors (Lipinski definition) is 5. The number of benzene rings is 3. The molecule has 1 aliphatic carbocycles. The zero-order valence-corrected chi connectivity index (χ0v) is 23.4. The van der Waals surface area contributed by atoms with Gasteiger partial charge in [-0.1, -0.05) is 38.0 Å². The van der Waals surface area contributed by atoms with Gasteiger partial charge >= 0.3 is 6.18 Å². The number of hydrogen-bond donors (Lipinski definition) is 1. The fourth-order valence-corrected chi connectivity index (χ4v) is 5.99. The van der Waals surface area contributed by atoms with Gasteiger partial charge in [0, 0.05) is 24.7 Å². The van der Waals surface area contributed by atoms with Gasteiger partial charge in [0.1, 0.15) is 23.2 Å². The van der Waals surface area contributed by atoms with Crippen LogP contribution < -0.4 is 5.32 Å². The molecule has 5 aromatic rings. The number of fused-ring (bicyclic) bond motifs is 1. The van der Waals surface area contributed by atoms with Crippen molar-refractivity contribution < 1.29 is 22.0 Å². The van der Waals surface area contributed by atoms with Gasteiger partial charge in [0.05, 0.1) is 0 Å². The van der Waals surface area contributed by atoms with E-state index in [1.807, 2.05) is 6.07 Å². The van der Waals surface area contributed by atoms with Crippen LogP contribution in [-0.2, 0) is 19.8 Å². The number of nitrogens with zero attached hydrogens (tertiary/aromatic N) is 4. The zero-order chi connectivity index (χ0) is 29.4. The first-order chi connectivity index (χ1) is 20.2. The molecule has 2 atom stereocenters. The van der Waals surface area contributed by atoms with Crippen molar-refractivity contribution in [3.8, 4) is 34.0 Å². The van der Waals surface area contributed by atoms with Crippen LogP contribution in [0.3, 0.4) is 0 Å². The van der Waals surface area contributed by atoms with E-state index in [4.69, 9.17) is 4.42 Å². The van der Waals surface area contributed by atoms with Gasteiger partial charge in [-0.25, -0.2) is 9.37 Å². The van der Waals surface area contributed by atoms with Crippen molar-refractivity contribution >= 4 is 11.1 Å². The van der Waals surface area contributed by atoms with Gasteiger partial charge in [0.2, 0.25) is 5.89 Å². The van der Waals surface area contributed by atoms with Crippen molar-refractivity contribution in [2.24, 2.45) is 18.9 Å². The van der Waals surface area contributed by atoms with Crippen LogP contribution >= 0.6 is 0 Å². The predicted octanol–water partition coefficient (Wildman–Crippen LogP) is 8.03. The molecule has 42 heavy (non-hydrogen) atoms. The van der Waals surface area contributed by atoms with E-state index in [0.29, 0.717) is 52.0 Å². The van der Waals surface area contributed by atoms with Gasteiger partial charge in [-0.15, -0.1) is 10.2 Å². The lowest BCUT2D eigenvalue weighted by Crippen LogP contribution is -2.26. The number of oxazole rings is 1. The highest BCUT2D eigenvalue weighted by atomic mass is 19.4. The van der Waals surface area contributed by atoms with E-state index in [0.717, 1.165) is 25.5 Å². The Morgan fingerprint density at radius 3 is 2.62 bits per heavy atom. The molecular formula is C32H31F4N5O. The third kappa shape index (κ3) is 5.81. The molecule has 0 saturated heterocycles. The Morgan fingerprint density at radius 1 is 1.02 bits per heavy atom. The highest BCUT2D eigenvalue weighted by Gasteiger charge is 2.35. The summed E-state index contributed by atoms with van der Waals surface area (Å²) in [5.41, 5.74) is 1.92. The molecule has 1 aliphatic rings. The maximum absolute atomic E-state index is 14.2. The number of aromatic nitrogens is 4. The van der Waals surface area contributed by atoms with Gasteiger partial charge in [-0.2, -0.15) is 13.2 Å². The summed E-state index contributed by atoms with van der Waals surface area (Å²) < 4.78 is 64.1. The van der Waals surface area contributed by atoms with Crippen molar-refractivity contribution in [1.82, 2.24) is 25.1 Å². The van der Waals surface area contributed by atoms with Crippen molar-refractivity contribution in [3.63, 3.8) is 0 Å². The minimum absolute atomic E-state index is 0.0703. The highest BCUT2D eigenvalue weighted by molar-refractivity contribution is 5.84. The summed E-state index contributed by atoms with van der Waals surface area (Å²) in [5.74, 6) is 1.35. The minimum Gasteiger partial charge on any atom is -0.435 e. The first kappa shape index (κ1) is 28.1. The van der Waals surface area contributed by atoms with Gasteiger partial charge in [0.15, 0.2) is 11.4 Å². The number of alkyl halides is 3. The summed E-state index contributed by atoms with van der Waals surface area (Å²) in [6.07, 6.45) is 1.65. The van der Waals surface area contributed by atoms with E-state index in [1.54, 1.807) is 41.9 Å². The number of aryl methyl sites for hydroxylation is 1. The Bertz CT molecular complexity index is 1720. The molecule has 218 valence electrons. The molecule has 2 heterocycles. The van der Waals surface area contributed by atoms with Crippen molar-refractivity contribution in [2.75, 3.05) is 6.54 Å². The molecule has 10 heteroatoms. The minimum atomic E-state index is -4.61. The summed E-state index contributed by atoms with van der Waals surface area (Å²) in [4.78, 5) is 4.48. The molecular weight excluding hydrogens is 546 g/mol. The first-order valence-corrected chi connectivity index (χ1v) is 14.1.